The SMILES string of the molecule is COC(C)c1nc(-c2c[nH]c3ncncc23)n(C(C)C2CCOCC2)n1. The lowest BCUT2D eigenvalue weighted by atomic mass is 9.93. The topological polar surface area (TPSA) is 90.7 Å². The molecule has 3 aromatic heterocycles. The molecule has 0 spiro atoms. The lowest BCUT2D eigenvalue weighted by Gasteiger charge is -2.28. The maximum atomic E-state index is 5.52. The molecular weight excluding hydrogens is 332 g/mol. The Balaban J connectivity index is 1.80. The molecule has 8 heteroatoms. The predicted octanol–water partition coefficient (Wildman–Crippen LogP) is 2.91. The lowest BCUT2D eigenvalue weighted by molar-refractivity contribution is 0.0494. The summed E-state index contributed by atoms with van der Waals surface area (Å²) in [6.45, 7) is 5.78. The summed E-state index contributed by atoms with van der Waals surface area (Å²) in [6, 6.07) is 0.216. The fourth-order valence-corrected chi connectivity index (χ4v) is 3.53. The minimum atomic E-state index is -0.168. The Labute approximate surface area is 152 Å². The average Bonchev–Trinajstić information content (AvgIpc) is 3.31. The third-order valence-corrected chi connectivity index (χ3v) is 5.30. The van der Waals surface area contributed by atoms with Crippen molar-refractivity contribution in [3.8, 4) is 11.4 Å². The monoisotopic (exact) mass is 356 g/mol. The molecule has 4 heterocycles. The zero-order valence-electron chi connectivity index (χ0n) is 15.3. The van der Waals surface area contributed by atoms with Crippen molar-refractivity contribution >= 4 is 11.0 Å². The van der Waals surface area contributed by atoms with Crippen molar-refractivity contribution in [3.63, 3.8) is 0 Å². The highest BCUT2D eigenvalue weighted by Gasteiger charge is 2.28. The van der Waals surface area contributed by atoms with Gasteiger partial charge in [0.1, 0.15) is 18.1 Å². The van der Waals surface area contributed by atoms with Gasteiger partial charge in [-0.1, -0.05) is 0 Å². The first-order chi connectivity index (χ1) is 12.7. The number of nitrogens with one attached hydrogen (secondary N) is 1. The number of ether oxygens (including phenoxy) is 2. The van der Waals surface area contributed by atoms with E-state index in [2.05, 4.69) is 21.9 Å². The van der Waals surface area contributed by atoms with Crippen LogP contribution in [0.4, 0.5) is 0 Å². The van der Waals surface area contributed by atoms with Crippen LogP contribution in [0.5, 0.6) is 0 Å². The van der Waals surface area contributed by atoms with Gasteiger partial charge in [-0.3, -0.25) is 0 Å². The molecule has 26 heavy (non-hydrogen) atoms. The number of aromatic amines is 1. The van der Waals surface area contributed by atoms with Gasteiger partial charge in [0.2, 0.25) is 0 Å². The van der Waals surface area contributed by atoms with Crippen molar-refractivity contribution in [3.05, 3.63) is 24.5 Å². The van der Waals surface area contributed by atoms with E-state index >= 15 is 0 Å². The van der Waals surface area contributed by atoms with Crippen LogP contribution in [-0.4, -0.2) is 50.0 Å². The Kier molecular flexibility index (Phi) is 4.69. The Hall–Kier alpha value is -2.32. The normalized spacial score (nSPS) is 18.3. The third-order valence-electron chi connectivity index (χ3n) is 5.30. The number of rotatable bonds is 5. The predicted molar refractivity (Wildman–Crippen MR) is 96.6 cm³/mol. The maximum absolute atomic E-state index is 5.52. The molecule has 1 fully saturated rings. The van der Waals surface area contributed by atoms with Gasteiger partial charge in [-0.05, 0) is 32.6 Å². The van der Waals surface area contributed by atoms with E-state index in [1.165, 1.54) is 6.33 Å². The van der Waals surface area contributed by atoms with E-state index in [1.54, 1.807) is 7.11 Å². The van der Waals surface area contributed by atoms with Crippen LogP contribution in [0.25, 0.3) is 22.4 Å². The first-order valence-electron chi connectivity index (χ1n) is 9.03. The number of methoxy groups -OCH3 is 1. The summed E-state index contributed by atoms with van der Waals surface area (Å²) < 4.78 is 13.0. The summed E-state index contributed by atoms with van der Waals surface area (Å²) in [7, 11) is 1.67. The van der Waals surface area contributed by atoms with Crippen LogP contribution in [0.15, 0.2) is 18.7 Å². The van der Waals surface area contributed by atoms with E-state index in [9.17, 15) is 0 Å². The van der Waals surface area contributed by atoms with Crippen molar-refractivity contribution in [2.75, 3.05) is 20.3 Å². The standard InChI is InChI=1S/C18H24N6O2/c1-11(13-4-6-26-7-5-13)24-18(22-16(23-24)12(2)25-3)15-9-20-17-14(15)8-19-10-21-17/h8-13H,4-7H2,1-3H3,(H,19,20,21). The van der Waals surface area contributed by atoms with Crippen LogP contribution < -0.4 is 0 Å². The molecule has 8 nitrogen and oxygen atoms in total. The summed E-state index contributed by atoms with van der Waals surface area (Å²) in [5.41, 5.74) is 1.76. The third kappa shape index (κ3) is 2.99. The largest absolute Gasteiger partial charge is 0.381 e. The van der Waals surface area contributed by atoms with Gasteiger partial charge in [0, 0.05) is 43.7 Å². The summed E-state index contributed by atoms with van der Waals surface area (Å²) in [4.78, 5) is 16.5. The van der Waals surface area contributed by atoms with E-state index in [-0.39, 0.29) is 12.1 Å². The van der Waals surface area contributed by atoms with Crippen molar-refractivity contribution < 1.29 is 9.47 Å². The molecule has 1 N–H and O–H groups in total. The second kappa shape index (κ2) is 7.13. The first-order valence-corrected chi connectivity index (χ1v) is 9.03. The Bertz CT molecular complexity index is 883. The number of nitrogens with zero attached hydrogens (tertiary/aromatic N) is 5. The Morgan fingerprint density at radius 1 is 1.31 bits per heavy atom. The van der Waals surface area contributed by atoms with Crippen molar-refractivity contribution in [1.82, 2.24) is 29.7 Å². The minimum Gasteiger partial charge on any atom is -0.381 e. The zero-order valence-corrected chi connectivity index (χ0v) is 15.3. The fraction of sp³-hybridized carbons (Fsp3) is 0.556. The van der Waals surface area contributed by atoms with Gasteiger partial charge < -0.3 is 14.5 Å². The molecule has 2 unspecified atom stereocenters. The molecule has 2 atom stereocenters. The van der Waals surface area contributed by atoms with Crippen LogP contribution in [0.3, 0.4) is 0 Å². The van der Waals surface area contributed by atoms with Gasteiger partial charge in [-0.15, -0.1) is 0 Å². The van der Waals surface area contributed by atoms with E-state index in [1.807, 2.05) is 24.0 Å². The van der Waals surface area contributed by atoms with Gasteiger partial charge in [-0.2, -0.15) is 5.10 Å². The van der Waals surface area contributed by atoms with E-state index in [4.69, 9.17) is 19.6 Å². The molecule has 4 rings (SSSR count). The average molecular weight is 356 g/mol. The maximum Gasteiger partial charge on any atom is 0.179 e. The molecule has 1 aliphatic heterocycles. The molecule has 3 aromatic rings. The molecule has 1 aliphatic rings. The number of hydrogen-bond donors (Lipinski definition) is 1. The number of aromatic nitrogens is 6. The van der Waals surface area contributed by atoms with Gasteiger partial charge in [0.15, 0.2) is 11.6 Å². The van der Waals surface area contributed by atoms with Gasteiger partial charge >= 0.3 is 0 Å². The highest BCUT2D eigenvalue weighted by atomic mass is 16.5. The molecule has 0 aromatic carbocycles. The van der Waals surface area contributed by atoms with Crippen LogP contribution in [0, 0.1) is 5.92 Å². The number of H-pyrrole nitrogens is 1. The number of fused-ring (bicyclic) bond motifs is 1. The van der Waals surface area contributed by atoms with E-state index in [0.29, 0.717) is 11.7 Å². The molecule has 0 saturated carbocycles. The second-order valence-electron chi connectivity index (χ2n) is 6.79. The van der Waals surface area contributed by atoms with Crippen LogP contribution in [0.2, 0.25) is 0 Å². The highest BCUT2D eigenvalue weighted by Crippen LogP contribution is 2.33. The van der Waals surface area contributed by atoms with E-state index in [0.717, 1.165) is 48.5 Å². The van der Waals surface area contributed by atoms with Crippen LogP contribution in [-0.2, 0) is 9.47 Å². The fourth-order valence-electron chi connectivity index (χ4n) is 3.53. The molecule has 138 valence electrons. The molecule has 1 saturated heterocycles. The lowest BCUT2D eigenvalue weighted by Crippen LogP contribution is -2.25. The summed E-state index contributed by atoms with van der Waals surface area (Å²) in [5, 5.41) is 5.75. The molecule has 0 bridgehead atoms. The van der Waals surface area contributed by atoms with Gasteiger partial charge in [0.05, 0.1) is 6.04 Å². The molecule has 0 aliphatic carbocycles. The van der Waals surface area contributed by atoms with Gasteiger partial charge in [0.25, 0.3) is 0 Å². The first kappa shape index (κ1) is 17.1. The zero-order chi connectivity index (χ0) is 18.1. The highest BCUT2D eigenvalue weighted by molar-refractivity contribution is 5.90. The molecular formula is C18H24N6O2. The second-order valence-corrected chi connectivity index (χ2v) is 6.79. The minimum absolute atomic E-state index is 0.168. The van der Waals surface area contributed by atoms with E-state index < -0.39 is 0 Å². The quantitative estimate of drug-likeness (QED) is 0.756. The Morgan fingerprint density at radius 2 is 2.12 bits per heavy atom. The van der Waals surface area contributed by atoms with Crippen LogP contribution >= 0.6 is 0 Å². The van der Waals surface area contributed by atoms with Crippen molar-refractivity contribution in [2.45, 2.75) is 38.8 Å². The Morgan fingerprint density at radius 3 is 2.88 bits per heavy atom. The summed E-state index contributed by atoms with van der Waals surface area (Å²) in [6.07, 6.45) is 7.18. The molecule has 0 amide bonds. The van der Waals surface area contributed by atoms with Crippen molar-refractivity contribution in [2.24, 2.45) is 5.92 Å². The molecule has 0 radical (unpaired) electrons. The van der Waals surface area contributed by atoms with Crippen molar-refractivity contribution in [1.29, 1.82) is 0 Å². The summed E-state index contributed by atoms with van der Waals surface area (Å²) in [5.74, 6) is 2.02. The van der Waals surface area contributed by atoms with Gasteiger partial charge in [-0.25, -0.2) is 19.6 Å². The van der Waals surface area contributed by atoms with Crippen LogP contribution in [0.1, 0.15) is 44.7 Å². The smallest absolute Gasteiger partial charge is 0.179 e. The number of hydrogen-bond acceptors (Lipinski definition) is 6. The summed E-state index contributed by atoms with van der Waals surface area (Å²) >= 11 is 0.